The Morgan fingerprint density at radius 1 is 1.29 bits per heavy atom. The highest BCUT2D eigenvalue weighted by Crippen LogP contribution is 2.22. The monoisotopic (exact) mass is 331 g/mol. The zero-order valence-electron chi connectivity index (χ0n) is 15.9. The van der Waals surface area contributed by atoms with Gasteiger partial charge in [-0.3, -0.25) is 0 Å². The fraction of sp³-hybridized carbons (Fsp3) is 0.650. The zero-order chi connectivity index (χ0) is 17.6. The number of aliphatic imine (C=N–C) groups is 1. The lowest BCUT2D eigenvalue weighted by molar-refractivity contribution is 0.157. The topological polar surface area (TPSA) is 36.9 Å². The molecule has 1 atom stereocenters. The van der Waals surface area contributed by atoms with E-state index in [0.29, 0.717) is 5.92 Å². The minimum Gasteiger partial charge on any atom is -0.384 e. The van der Waals surface area contributed by atoms with E-state index in [4.69, 9.17) is 9.73 Å². The van der Waals surface area contributed by atoms with Crippen molar-refractivity contribution in [3.63, 3.8) is 0 Å². The number of benzene rings is 1. The summed E-state index contributed by atoms with van der Waals surface area (Å²) in [5, 5.41) is 3.43. The zero-order valence-corrected chi connectivity index (χ0v) is 15.9. The van der Waals surface area contributed by atoms with Gasteiger partial charge in [-0.05, 0) is 29.9 Å². The van der Waals surface area contributed by atoms with Crippen molar-refractivity contribution in [2.24, 2.45) is 10.9 Å². The van der Waals surface area contributed by atoms with E-state index in [1.54, 1.807) is 7.11 Å². The molecule has 1 unspecified atom stereocenters. The van der Waals surface area contributed by atoms with Crippen LogP contribution in [0.1, 0.15) is 45.2 Å². The molecule has 0 radical (unpaired) electrons. The predicted molar refractivity (Wildman–Crippen MR) is 102 cm³/mol. The van der Waals surface area contributed by atoms with Gasteiger partial charge in [-0.2, -0.15) is 0 Å². The maximum Gasteiger partial charge on any atom is 0.194 e. The molecular weight excluding hydrogens is 298 g/mol. The first-order valence-electron chi connectivity index (χ1n) is 9.05. The Hall–Kier alpha value is -1.55. The van der Waals surface area contributed by atoms with Gasteiger partial charge in [-0.1, -0.05) is 45.0 Å². The van der Waals surface area contributed by atoms with Gasteiger partial charge >= 0.3 is 0 Å². The van der Waals surface area contributed by atoms with Crippen molar-refractivity contribution >= 4 is 5.96 Å². The largest absolute Gasteiger partial charge is 0.384 e. The molecule has 1 saturated heterocycles. The predicted octanol–water partition coefficient (Wildman–Crippen LogP) is 3.42. The third kappa shape index (κ3) is 5.23. The molecule has 0 amide bonds. The van der Waals surface area contributed by atoms with E-state index in [0.717, 1.165) is 38.7 Å². The summed E-state index contributed by atoms with van der Waals surface area (Å²) in [5.74, 6) is 1.64. The fourth-order valence-corrected chi connectivity index (χ4v) is 3.10. The van der Waals surface area contributed by atoms with Crippen LogP contribution in [-0.2, 0) is 16.7 Å². The molecule has 2 rings (SSSR count). The molecule has 0 aliphatic carbocycles. The summed E-state index contributed by atoms with van der Waals surface area (Å²) in [5.41, 5.74) is 2.82. The molecule has 1 N–H and O–H groups in total. The first-order chi connectivity index (χ1) is 11.4. The Bertz CT molecular complexity index is 531. The number of rotatable bonds is 5. The van der Waals surface area contributed by atoms with Gasteiger partial charge in [-0.15, -0.1) is 0 Å². The molecular formula is C20H33N3O. The van der Waals surface area contributed by atoms with E-state index in [9.17, 15) is 0 Å². The van der Waals surface area contributed by atoms with Gasteiger partial charge in [0, 0.05) is 32.7 Å². The lowest BCUT2D eigenvalue weighted by Gasteiger charge is -2.22. The highest BCUT2D eigenvalue weighted by atomic mass is 16.5. The molecule has 4 heteroatoms. The van der Waals surface area contributed by atoms with Crippen LogP contribution in [0, 0.1) is 5.92 Å². The second-order valence-corrected chi connectivity index (χ2v) is 7.67. The summed E-state index contributed by atoms with van der Waals surface area (Å²) in [6.45, 7) is 13.4. The summed E-state index contributed by atoms with van der Waals surface area (Å²) in [6, 6.07) is 8.85. The lowest BCUT2D eigenvalue weighted by Crippen LogP contribution is -2.40. The van der Waals surface area contributed by atoms with Crippen molar-refractivity contribution in [3.05, 3.63) is 35.4 Å². The van der Waals surface area contributed by atoms with Crippen molar-refractivity contribution in [1.82, 2.24) is 10.2 Å². The molecule has 1 aromatic carbocycles. The van der Waals surface area contributed by atoms with E-state index in [-0.39, 0.29) is 5.41 Å². The second-order valence-electron chi connectivity index (χ2n) is 7.67. The molecule has 1 fully saturated rings. The number of nitrogens with zero attached hydrogens (tertiary/aromatic N) is 2. The third-order valence-electron chi connectivity index (χ3n) is 4.55. The minimum absolute atomic E-state index is 0.197. The Morgan fingerprint density at radius 2 is 2.00 bits per heavy atom. The molecule has 0 bridgehead atoms. The van der Waals surface area contributed by atoms with E-state index in [1.807, 2.05) is 0 Å². The normalized spacial score (nSPS) is 19.0. The molecule has 4 nitrogen and oxygen atoms in total. The molecule has 134 valence electrons. The van der Waals surface area contributed by atoms with Gasteiger partial charge in [0.1, 0.15) is 0 Å². The quantitative estimate of drug-likeness (QED) is 0.663. The van der Waals surface area contributed by atoms with Crippen LogP contribution in [-0.4, -0.2) is 44.2 Å². The molecule has 0 saturated carbocycles. The summed E-state index contributed by atoms with van der Waals surface area (Å²) < 4.78 is 5.29. The average molecular weight is 332 g/mol. The van der Waals surface area contributed by atoms with Crippen molar-refractivity contribution in [1.29, 1.82) is 0 Å². The lowest BCUT2D eigenvalue weighted by atomic mass is 9.87. The first-order valence-corrected chi connectivity index (χ1v) is 9.05. The first kappa shape index (κ1) is 18.8. The fourth-order valence-electron chi connectivity index (χ4n) is 3.10. The number of likely N-dealkylation sites (tertiary alicyclic amines) is 1. The van der Waals surface area contributed by atoms with Gasteiger partial charge in [0.05, 0.1) is 13.2 Å². The SMILES string of the molecule is CCNC(=NCc1ccc(C(C)(C)C)cc1)N1CCC(COC)C1. The molecule has 1 aromatic rings. The highest BCUT2D eigenvalue weighted by molar-refractivity contribution is 5.80. The molecule has 24 heavy (non-hydrogen) atoms. The smallest absolute Gasteiger partial charge is 0.194 e. The number of hydrogen-bond donors (Lipinski definition) is 1. The van der Waals surface area contributed by atoms with Crippen LogP contribution in [0.5, 0.6) is 0 Å². The van der Waals surface area contributed by atoms with Crippen LogP contribution in [0.2, 0.25) is 0 Å². The van der Waals surface area contributed by atoms with Crippen LogP contribution in [0.3, 0.4) is 0 Å². The molecule has 1 heterocycles. The van der Waals surface area contributed by atoms with Gasteiger partial charge < -0.3 is 15.0 Å². The van der Waals surface area contributed by atoms with Crippen LogP contribution >= 0.6 is 0 Å². The number of guanidine groups is 1. The Morgan fingerprint density at radius 3 is 2.58 bits per heavy atom. The maximum atomic E-state index is 5.29. The molecule has 0 spiro atoms. The Kier molecular flexibility index (Phi) is 6.67. The van der Waals surface area contributed by atoms with Crippen molar-refractivity contribution in [2.45, 2.75) is 46.1 Å². The van der Waals surface area contributed by atoms with Crippen molar-refractivity contribution < 1.29 is 4.74 Å². The Balaban J connectivity index is 2.01. The van der Waals surface area contributed by atoms with Gasteiger partial charge in [-0.25, -0.2) is 4.99 Å². The summed E-state index contributed by atoms with van der Waals surface area (Å²) >= 11 is 0. The van der Waals surface area contributed by atoms with Crippen molar-refractivity contribution in [2.75, 3.05) is 33.4 Å². The van der Waals surface area contributed by atoms with Crippen LogP contribution < -0.4 is 5.32 Å². The Labute approximate surface area is 147 Å². The van der Waals surface area contributed by atoms with E-state index in [1.165, 1.54) is 17.5 Å². The second kappa shape index (κ2) is 8.52. The third-order valence-corrected chi connectivity index (χ3v) is 4.55. The summed E-state index contributed by atoms with van der Waals surface area (Å²) in [6.07, 6.45) is 1.18. The molecule has 1 aliphatic rings. The standard InChI is InChI=1S/C20H33N3O/c1-6-21-19(23-12-11-17(14-23)15-24-5)22-13-16-7-9-18(10-8-16)20(2,3)4/h7-10,17H,6,11-15H2,1-5H3,(H,21,22). The van der Waals surface area contributed by atoms with E-state index >= 15 is 0 Å². The highest BCUT2D eigenvalue weighted by Gasteiger charge is 2.24. The van der Waals surface area contributed by atoms with Crippen molar-refractivity contribution in [3.8, 4) is 0 Å². The maximum absolute atomic E-state index is 5.29. The van der Waals surface area contributed by atoms with Gasteiger partial charge in [0.25, 0.3) is 0 Å². The van der Waals surface area contributed by atoms with Crippen LogP contribution in [0.15, 0.2) is 29.3 Å². The number of methoxy groups -OCH3 is 1. The van der Waals surface area contributed by atoms with E-state index in [2.05, 4.69) is 62.2 Å². The minimum atomic E-state index is 0.197. The average Bonchev–Trinajstić information content (AvgIpc) is 3.00. The molecule has 0 aromatic heterocycles. The number of nitrogens with one attached hydrogen (secondary N) is 1. The number of hydrogen-bond acceptors (Lipinski definition) is 2. The number of ether oxygens (including phenoxy) is 1. The van der Waals surface area contributed by atoms with Crippen LogP contribution in [0.25, 0.3) is 0 Å². The summed E-state index contributed by atoms with van der Waals surface area (Å²) in [4.78, 5) is 7.20. The van der Waals surface area contributed by atoms with E-state index < -0.39 is 0 Å². The van der Waals surface area contributed by atoms with Gasteiger partial charge in [0.15, 0.2) is 5.96 Å². The molecule has 1 aliphatic heterocycles. The van der Waals surface area contributed by atoms with Gasteiger partial charge in [0.2, 0.25) is 0 Å². The summed E-state index contributed by atoms with van der Waals surface area (Å²) in [7, 11) is 1.78. The van der Waals surface area contributed by atoms with Crippen LogP contribution in [0.4, 0.5) is 0 Å².